The second-order valence-electron chi connectivity index (χ2n) is 3.87. The van der Waals surface area contributed by atoms with E-state index in [1.807, 2.05) is 0 Å². The molecule has 0 radical (unpaired) electrons. The Labute approximate surface area is 113 Å². The number of hydrogen-bond donors (Lipinski definition) is 1. The van der Waals surface area contributed by atoms with Gasteiger partial charge in [0.25, 0.3) is 0 Å². The summed E-state index contributed by atoms with van der Waals surface area (Å²) in [6.45, 7) is 0. The molecule has 2 aromatic rings. The minimum absolute atomic E-state index is 0.0732. The minimum atomic E-state index is -4.38. The first-order chi connectivity index (χ1) is 9.40. The summed E-state index contributed by atoms with van der Waals surface area (Å²) in [5, 5.41) is 0. The lowest BCUT2D eigenvalue weighted by Gasteiger charge is -2.10. The molecule has 1 heterocycles. The zero-order valence-electron chi connectivity index (χ0n) is 10.4. The van der Waals surface area contributed by atoms with Crippen LogP contribution in [0.5, 0.6) is 17.5 Å². The molecule has 0 unspecified atom stereocenters. The summed E-state index contributed by atoms with van der Waals surface area (Å²) >= 11 is 0. The van der Waals surface area contributed by atoms with Crippen LogP contribution in [0.3, 0.4) is 0 Å². The SMILES string of the molecule is COc1ccc(N)c(Oc2ccc(C(F)(F)F)cc2)n1. The zero-order chi connectivity index (χ0) is 14.8. The molecule has 0 saturated carbocycles. The summed E-state index contributed by atoms with van der Waals surface area (Å²) in [6, 6.07) is 7.32. The van der Waals surface area contributed by atoms with Crippen LogP contribution in [0.1, 0.15) is 5.56 Å². The molecule has 0 spiro atoms. The molecule has 0 aliphatic rings. The highest BCUT2D eigenvalue weighted by molar-refractivity contribution is 5.51. The van der Waals surface area contributed by atoms with Crippen molar-refractivity contribution < 1.29 is 22.6 Å². The maximum Gasteiger partial charge on any atom is 0.416 e. The van der Waals surface area contributed by atoms with Crippen LogP contribution in [0.2, 0.25) is 0 Å². The molecule has 1 aromatic carbocycles. The first-order valence-electron chi connectivity index (χ1n) is 5.56. The molecule has 0 saturated heterocycles. The number of pyridine rings is 1. The first kappa shape index (κ1) is 14.0. The third kappa shape index (κ3) is 3.11. The van der Waals surface area contributed by atoms with Gasteiger partial charge in [-0.3, -0.25) is 0 Å². The van der Waals surface area contributed by atoms with Crippen LogP contribution >= 0.6 is 0 Å². The Morgan fingerprint density at radius 2 is 1.70 bits per heavy atom. The van der Waals surface area contributed by atoms with E-state index in [4.69, 9.17) is 15.2 Å². The number of methoxy groups -OCH3 is 1. The van der Waals surface area contributed by atoms with Crippen LogP contribution < -0.4 is 15.2 Å². The summed E-state index contributed by atoms with van der Waals surface area (Å²) in [5.74, 6) is 0.565. The average Bonchev–Trinajstić information content (AvgIpc) is 2.41. The Morgan fingerprint density at radius 1 is 1.05 bits per heavy atom. The molecule has 20 heavy (non-hydrogen) atoms. The Bertz CT molecular complexity index is 598. The predicted molar refractivity (Wildman–Crippen MR) is 66.7 cm³/mol. The fourth-order valence-corrected chi connectivity index (χ4v) is 1.45. The highest BCUT2D eigenvalue weighted by Crippen LogP contribution is 2.32. The molecule has 0 fully saturated rings. The van der Waals surface area contributed by atoms with Gasteiger partial charge >= 0.3 is 6.18 Å². The van der Waals surface area contributed by atoms with Crippen molar-refractivity contribution in [2.45, 2.75) is 6.18 Å². The molecule has 0 atom stereocenters. The van der Waals surface area contributed by atoms with Crippen LogP contribution in [-0.2, 0) is 6.18 Å². The van der Waals surface area contributed by atoms with Gasteiger partial charge in [-0.2, -0.15) is 18.2 Å². The average molecular weight is 284 g/mol. The summed E-state index contributed by atoms with van der Waals surface area (Å²) in [7, 11) is 1.43. The first-order valence-corrected chi connectivity index (χ1v) is 5.56. The van der Waals surface area contributed by atoms with Gasteiger partial charge in [0.2, 0.25) is 11.8 Å². The van der Waals surface area contributed by atoms with Crippen molar-refractivity contribution in [3.63, 3.8) is 0 Å². The Morgan fingerprint density at radius 3 is 2.25 bits per heavy atom. The molecular formula is C13H11F3N2O2. The fraction of sp³-hybridized carbons (Fsp3) is 0.154. The van der Waals surface area contributed by atoms with Gasteiger partial charge in [0, 0.05) is 6.07 Å². The van der Waals surface area contributed by atoms with E-state index >= 15 is 0 Å². The summed E-state index contributed by atoms with van der Waals surface area (Å²) in [5.41, 5.74) is 5.17. The molecular weight excluding hydrogens is 273 g/mol. The van der Waals surface area contributed by atoms with Crippen molar-refractivity contribution >= 4 is 5.69 Å². The van der Waals surface area contributed by atoms with Gasteiger partial charge in [0.05, 0.1) is 18.4 Å². The third-order valence-corrected chi connectivity index (χ3v) is 2.47. The summed E-state index contributed by atoms with van der Waals surface area (Å²) in [4.78, 5) is 3.97. The zero-order valence-corrected chi connectivity index (χ0v) is 10.4. The van der Waals surface area contributed by atoms with Gasteiger partial charge in [0.15, 0.2) is 0 Å². The summed E-state index contributed by atoms with van der Waals surface area (Å²) < 4.78 is 47.5. The quantitative estimate of drug-likeness (QED) is 0.937. The second-order valence-corrected chi connectivity index (χ2v) is 3.87. The maximum absolute atomic E-state index is 12.4. The van der Waals surface area contributed by atoms with Crippen molar-refractivity contribution in [1.29, 1.82) is 0 Å². The van der Waals surface area contributed by atoms with Crippen LogP contribution in [0, 0.1) is 0 Å². The van der Waals surface area contributed by atoms with Crippen LogP contribution in [0.15, 0.2) is 36.4 Å². The number of anilines is 1. The molecule has 106 valence electrons. The molecule has 0 aliphatic heterocycles. The lowest BCUT2D eigenvalue weighted by Crippen LogP contribution is -2.04. The molecule has 7 heteroatoms. The molecule has 1 aromatic heterocycles. The maximum atomic E-state index is 12.4. The van der Waals surface area contributed by atoms with Crippen LogP contribution in [0.25, 0.3) is 0 Å². The van der Waals surface area contributed by atoms with Crippen molar-refractivity contribution in [2.75, 3.05) is 12.8 Å². The van der Waals surface area contributed by atoms with E-state index in [0.29, 0.717) is 5.88 Å². The van der Waals surface area contributed by atoms with Gasteiger partial charge in [-0.15, -0.1) is 0 Å². The van der Waals surface area contributed by atoms with E-state index < -0.39 is 11.7 Å². The molecule has 0 amide bonds. The number of nitrogen functional groups attached to an aromatic ring is 1. The minimum Gasteiger partial charge on any atom is -0.481 e. The highest BCUT2D eigenvalue weighted by atomic mass is 19.4. The number of alkyl halides is 3. The number of rotatable bonds is 3. The largest absolute Gasteiger partial charge is 0.481 e. The number of benzene rings is 1. The van der Waals surface area contributed by atoms with E-state index in [-0.39, 0.29) is 17.3 Å². The predicted octanol–water partition coefficient (Wildman–Crippen LogP) is 3.48. The smallest absolute Gasteiger partial charge is 0.416 e. The Kier molecular flexibility index (Phi) is 3.69. The Hall–Kier alpha value is -2.44. The number of nitrogens with zero attached hydrogens (tertiary/aromatic N) is 1. The number of hydrogen-bond acceptors (Lipinski definition) is 4. The van der Waals surface area contributed by atoms with Gasteiger partial charge < -0.3 is 15.2 Å². The number of aromatic nitrogens is 1. The molecule has 0 bridgehead atoms. The highest BCUT2D eigenvalue weighted by Gasteiger charge is 2.30. The van der Waals surface area contributed by atoms with E-state index in [9.17, 15) is 13.2 Å². The lowest BCUT2D eigenvalue weighted by molar-refractivity contribution is -0.137. The topological polar surface area (TPSA) is 57.4 Å². The van der Waals surface area contributed by atoms with Crippen LogP contribution in [-0.4, -0.2) is 12.1 Å². The third-order valence-electron chi connectivity index (χ3n) is 2.47. The molecule has 0 aliphatic carbocycles. The van der Waals surface area contributed by atoms with E-state index in [2.05, 4.69) is 4.98 Å². The number of halogens is 3. The van der Waals surface area contributed by atoms with Crippen molar-refractivity contribution in [1.82, 2.24) is 4.98 Å². The van der Waals surface area contributed by atoms with Crippen molar-refractivity contribution in [3.05, 3.63) is 42.0 Å². The van der Waals surface area contributed by atoms with Crippen LogP contribution in [0.4, 0.5) is 18.9 Å². The normalized spacial score (nSPS) is 11.2. The molecule has 4 nitrogen and oxygen atoms in total. The van der Waals surface area contributed by atoms with Gasteiger partial charge in [-0.1, -0.05) is 0 Å². The second kappa shape index (κ2) is 5.28. The lowest BCUT2D eigenvalue weighted by atomic mass is 10.2. The van der Waals surface area contributed by atoms with Gasteiger partial charge in [0.1, 0.15) is 5.75 Å². The van der Waals surface area contributed by atoms with E-state index in [1.165, 1.54) is 25.3 Å². The molecule has 2 N–H and O–H groups in total. The van der Waals surface area contributed by atoms with Crippen molar-refractivity contribution in [3.8, 4) is 17.5 Å². The van der Waals surface area contributed by atoms with Gasteiger partial charge in [-0.05, 0) is 30.3 Å². The van der Waals surface area contributed by atoms with E-state index in [0.717, 1.165) is 12.1 Å². The summed E-state index contributed by atoms with van der Waals surface area (Å²) in [6.07, 6.45) is -4.38. The number of ether oxygens (including phenoxy) is 2. The van der Waals surface area contributed by atoms with Gasteiger partial charge in [-0.25, -0.2) is 0 Å². The van der Waals surface area contributed by atoms with Crippen molar-refractivity contribution in [2.24, 2.45) is 0 Å². The van der Waals surface area contributed by atoms with E-state index in [1.54, 1.807) is 6.07 Å². The number of nitrogens with two attached hydrogens (primary N) is 1. The fourth-order valence-electron chi connectivity index (χ4n) is 1.45. The Balaban J connectivity index is 2.22. The molecule has 2 rings (SSSR count). The standard InChI is InChI=1S/C13H11F3N2O2/c1-19-11-7-6-10(17)12(18-11)20-9-4-2-8(3-5-9)13(14,15)16/h2-7H,17H2,1H3. The monoisotopic (exact) mass is 284 g/mol.